The molecule has 0 aliphatic heterocycles. The average Bonchev–Trinajstić information content (AvgIpc) is 4.05. The van der Waals surface area contributed by atoms with E-state index in [4.69, 9.17) is 17.7 Å². The number of furan rings is 4. The molecule has 0 N–H and O–H groups in total. The third-order valence-electron chi connectivity index (χ3n) is 11.9. The predicted molar refractivity (Wildman–Crippen MR) is 237 cm³/mol. The zero-order valence-corrected chi connectivity index (χ0v) is 31.0. The molecule has 0 saturated heterocycles. The topological polar surface area (TPSA) is 52.6 Å². The first kappa shape index (κ1) is 31.4. The Hall–Kier alpha value is -7.82. The minimum atomic E-state index is 0.787. The van der Waals surface area contributed by atoms with Crippen molar-refractivity contribution in [1.82, 2.24) is 0 Å². The zero-order chi connectivity index (χ0) is 37.9. The van der Waals surface area contributed by atoms with Gasteiger partial charge in [0.2, 0.25) is 0 Å². The minimum absolute atomic E-state index is 0.787. The van der Waals surface area contributed by atoms with Crippen molar-refractivity contribution in [2.24, 2.45) is 0 Å². The van der Waals surface area contributed by atoms with Gasteiger partial charge in [-0.25, -0.2) is 0 Å². The highest BCUT2D eigenvalue weighted by atomic mass is 16.3. The molecule has 0 spiro atoms. The SMILES string of the molecule is c1ccc(-c2ccc(-c3cc4oc5cc6c(cc5c4c4c3oc3ccccc34)oc3cc(-c4ccc(-c5ccccc5)cc4)c4oc5ccccc5c4c36)cc2)cc1. The van der Waals surface area contributed by atoms with Crippen LogP contribution in [0.15, 0.2) is 200 Å². The maximum atomic E-state index is 6.88. The summed E-state index contributed by atoms with van der Waals surface area (Å²) in [6, 6.07) is 63.4. The van der Waals surface area contributed by atoms with E-state index in [1.165, 1.54) is 11.1 Å². The second-order valence-corrected chi connectivity index (χ2v) is 15.1. The second kappa shape index (κ2) is 11.8. The molecule has 0 fully saturated rings. The number of hydrogen-bond donors (Lipinski definition) is 0. The molecule has 58 heavy (non-hydrogen) atoms. The van der Waals surface area contributed by atoms with Gasteiger partial charge in [-0.3, -0.25) is 0 Å². The average molecular weight is 743 g/mol. The predicted octanol–water partition coefficient (Wildman–Crippen LogP) is 16.0. The third kappa shape index (κ3) is 4.51. The molecule has 0 amide bonds. The van der Waals surface area contributed by atoms with Crippen molar-refractivity contribution in [2.45, 2.75) is 0 Å². The second-order valence-electron chi connectivity index (χ2n) is 15.1. The van der Waals surface area contributed by atoms with Crippen LogP contribution in [0.4, 0.5) is 0 Å². The molecule has 0 aliphatic carbocycles. The van der Waals surface area contributed by atoms with Gasteiger partial charge in [0.1, 0.15) is 44.7 Å². The van der Waals surface area contributed by atoms with Crippen LogP contribution in [0.25, 0.3) is 132 Å². The first-order valence-electron chi connectivity index (χ1n) is 19.6. The summed E-state index contributed by atoms with van der Waals surface area (Å²) < 4.78 is 27.2. The molecule has 0 radical (unpaired) electrons. The summed E-state index contributed by atoms with van der Waals surface area (Å²) in [6.45, 7) is 0. The number of benzene rings is 9. The monoisotopic (exact) mass is 742 g/mol. The lowest BCUT2D eigenvalue weighted by Gasteiger charge is -2.06. The van der Waals surface area contributed by atoms with E-state index in [1.807, 2.05) is 36.4 Å². The molecule has 13 rings (SSSR count). The summed E-state index contributed by atoms with van der Waals surface area (Å²) in [5, 5.41) is 8.16. The Kier molecular flexibility index (Phi) is 6.41. The van der Waals surface area contributed by atoms with Crippen LogP contribution in [0.2, 0.25) is 0 Å². The summed E-state index contributed by atoms with van der Waals surface area (Å²) in [4.78, 5) is 0. The smallest absolute Gasteiger partial charge is 0.144 e. The Bertz CT molecular complexity index is 3500. The van der Waals surface area contributed by atoms with Crippen LogP contribution in [0, 0.1) is 0 Å². The van der Waals surface area contributed by atoms with Gasteiger partial charge in [0.05, 0.1) is 0 Å². The highest BCUT2D eigenvalue weighted by molar-refractivity contribution is 6.32. The van der Waals surface area contributed by atoms with Crippen LogP contribution < -0.4 is 0 Å². The standard InChI is InChI=1S/C54H30O4/c1-3-11-31(12-4-1)33-19-23-35(24-20-33)39-27-47-49(51-37-15-7-9-17-43(37)57-53(39)51)41-29-46-42(30-45(41)55-47)50-48(56-46)28-40(54-52(50)38-16-8-10-18-44(38)58-54)36-25-21-34(22-26-36)32-13-5-2-6-14-32/h1-30H. The molecule has 0 saturated carbocycles. The minimum Gasteiger partial charge on any atom is -0.456 e. The number of rotatable bonds is 4. The van der Waals surface area contributed by atoms with Crippen LogP contribution in [-0.2, 0) is 0 Å². The summed E-state index contributed by atoms with van der Waals surface area (Å²) >= 11 is 0. The van der Waals surface area contributed by atoms with Gasteiger partial charge < -0.3 is 17.7 Å². The maximum Gasteiger partial charge on any atom is 0.144 e. The molecule has 9 aromatic carbocycles. The molecule has 0 aliphatic rings. The fraction of sp³-hybridized carbons (Fsp3) is 0. The molecule has 4 aromatic heterocycles. The molecule has 0 atom stereocenters. The van der Waals surface area contributed by atoms with Gasteiger partial charge in [-0.2, -0.15) is 0 Å². The van der Waals surface area contributed by atoms with E-state index < -0.39 is 0 Å². The summed E-state index contributed by atoms with van der Waals surface area (Å²) in [5.74, 6) is 0. The lowest BCUT2D eigenvalue weighted by atomic mass is 9.95. The summed E-state index contributed by atoms with van der Waals surface area (Å²) in [5.41, 5.74) is 15.3. The van der Waals surface area contributed by atoms with Crippen molar-refractivity contribution in [3.8, 4) is 44.5 Å². The Balaban J connectivity index is 1.05. The van der Waals surface area contributed by atoms with E-state index in [1.54, 1.807) is 0 Å². The molecule has 0 bridgehead atoms. The van der Waals surface area contributed by atoms with E-state index in [0.29, 0.717) is 0 Å². The number of fused-ring (bicyclic) bond motifs is 14. The van der Waals surface area contributed by atoms with Crippen LogP contribution in [0.1, 0.15) is 0 Å². The number of hydrogen-bond acceptors (Lipinski definition) is 4. The Morgan fingerprint density at radius 1 is 0.224 bits per heavy atom. The molecule has 4 heterocycles. The van der Waals surface area contributed by atoms with Crippen molar-refractivity contribution >= 4 is 87.8 Å². The highest BCUT2D eigenvalue weighted by Gasteiger charge is 2.25. The largest absolute Gasteiger partial charge is 0.456 e. The van der Waals surface area contributed by atoms with Crippen LogP contribution >= 0.6 is 0 Å². The molecule has 0 unspecified atom stereocenters. The Morgan fingerprint density at radius 2 is 0.586 bits per heavy atom. The van der Waals surface area contributed by atoms with E-state index in [2.05, 4.69) is 146 Å². The van der Waals surface area contributed by atoms with Gasteiger partial charge in [-0.1, -0.05) is 146 Å². The summed E-state index contributed by atoms with van der Waals surface area (Å²) in [7, 11) is 0. The molecule has 13 aromatic rings. The van der Waals surface area contributed by atoms with Crippen molar-refractivity contribution in [2.75, 3.05) is 0 Å². The molecular formula is C54H30O4. The maximum absolute atomic E-state index is 6.88. The van der Waals surface area contributed by atoms with Gasteiger partial charge in [0.25, 0.3) is 0 Å². The van der Waals surface area contributed by atoms with E-state index in [9.17, 15) is 0 Å². The number of para-hydroxylation sites is 2. The lowest BCUT2D eigenvalue weighted by Crippen LogP contribution is -1.82. The van der Waals surface area contributed by atoms with Gasteiger partial charge in [-0.15, -0.1) is 0 Å². The van der Waals surface area contributed by atoms with Crippen LogP contribution in [0.5, 0.6) is 0 Å². The third-order valence-corrected chi connectivity index (χ3v) is 11.9. The molecular weight excluding hydrogens is 713 g/mol. The van der Waals surface area contributed by atoms with Crippen molar-refractivity contribution in [3.05, 3.63) is 182 Å². The fourth-order valence-corrected chi connectivity index (χ4v) is 9.18. The molecule has 270 valence electrons. The Labute approximate surface area is 330 Å². The van der Waals surface area contributed by atoms with Gasteiger partial charge >= 0.3 is 0 Å². The Morgan fingerprint density at radius 3 is 1.02 bits per heavy atom. The van der Waals surface area contributed by atoms with Crippen molar-refractivity contribution in [3.63, 3.8) is 0 Å². The van der Waals surface area contributed by atoms with Crippen LogP contribution in [0.3, 0.4) is 0 Å². The molecule has 4 heteroatoms. The van der Waals surface area contributed by atoms with E-state index >= 15 is 0 Å². The first-order valence-corrected chi connectivity index (χ1v) is 19.6. The van der Waals surface area contributed by atoms with Crippen molar-refractivity contribution in [1.29, 1.82) is 0 Å². The van der Waals surface area contributed by atoms with E-state index in [0.717, 1.165) is 121 Å². The first-order chi connectivity index (χ1) is 28.7. The van der Waals surface area contributed by atoms with Gasteiger partial charge in [0.15, 0.2) is 0 Å². The van der Waals surface area contributed by atoms with E-state index in [-0.39, 0.29) is 0 Å². The lowest BCUT2D eigenvalue weighted by molar-refractivity contribution is 0.661. The summed E-state index contributed by atoms with van der Waals surface area (Å²) in [6.07, 6.45) is 0. The van der Waals surface area contributed by atoms with Gasteiger partial charge in [-0.05, 0) is 69.8 Å². The normalized spacial score (nSPS) is 12.1. The van der Waals surface area contributed by atoms with Crippen molar-refractivity contribution < 1.29 is 17.7 Å². The van der Waals surface area contributed by atoms with Gasteiger partial charge in [0, 0.05) is 54.2 Å². The van der Waals surface area contributed by atoms with Crippen LogP contribution in [-0.4, -0.2) is 0 Å². The fourth-order valence-electron chi connectivity index (χ4n) is 9.18. The zero-order valence-electron chi connectivity index (χ0n) is 31.0. The quantitative estimate of drug-likeness (QED) is 0.180. The highest BCUT2D eigenvalue weighted by Crippen LogP contribution is 2.49. The molecule has 4 nitrogen and oxygen atoms in total.